The van der Waals surface area contributed by atoms with Crippen molar-refractivity contribution < 1.29 is 9.53 Å². The molecule has 0 spiro atoms. The van der Waals surface area contributed by atoms with Gasteiger partial charge in [0.2, 0.25) is 17.2 Å². The molecule has 0 aliphatic carbocycles. The molecule has 0 aromatic carbocycles. The maximum atomic E-state index is 11.0. The highest BCUT2D eigenvalue weighted by Gasteiger charge is 2.04. The average Bonchev–Trinajstić information content (AvgIpc) is 2.16. The van der Waals surface area contributed by atoms with E-state index in [0.29, 0.717) is 13.2 Å². The molecule has 0 fully saturated rings. The van der Waals surface area contributed by atoms with Gasteiger partial charge in [-0.2, -0.15) is 15.0 Å². The highest BCUT2D eigenvalue weighted by Crippen LogP contribution is 2.06. The molecular weight excluding hydrogens is 234 g/mol. The van der Waals surface area contributed by atoms with Crippen LogP contribution < -0.4 is 11.1 Å². The van der Waals surface area contributed by atoms with E-state index >= 15 is 0 Å². The number of esters is 1. The average molecular weight is 246 g/mol. The van der Waals surface area contributed by atoms with E-state index in [4.69, 9.17) is 22.1 Å². The van der Waals surface area contributed by atoms with E-state index in [0.717, 1.165) is 0 Å². The Balaban J connectivity index is 2.40. The number of nitrogens with one attached hydrogen (secondary N) is 1. The summed E-state index contributed by atoms with van der Waals surface area (Å²) in [5.74, 6) is -0.0245. The molecule has 1 aromatic heterocycles. The molecule has 0 aliphatic rings. The van der Waals surface area contributed by atoms with Crippen molar-refractivity contribution in [3.8, 4) is 0 Å². The molecule has 0 saturated carbocycles. The van der Waals surface area contributed by atoms with Crippen molar-refractivity contribution >= 4 is 29.5 Å². The van der Waals surface area contributed by atoms with Crippen LogP contribution in [0.4, 0.5) is 11.9 Å². The molecule has 8 heteroatoms. The summed E-state index contributed by atoms with van der Waals surface area (Å²) in [4.78, 5) is 22.2. The zero-order valence-corrected chi connectivity index (χ0v) is 9.49. The number of rotatable bonds is 5. The van der Waals surface area contributed by atoms with Crippen molar-refractivity contribution in [2.24, 2.45) is 0 Å². The molecule has 0 radical (unpaired) electrons. The van der Waals surface area contributed by atoms with Gasteiger partial charge in [0.15, 0.2) is 0 Å². The molecule has 0 bridgehead atoms. The van der Waals surface area contributed by atoms with Gasteiger partial charge < -0.3 is 15.8 Å². The van der Waals surface area contributed by atoms with Crippen LogP contribution >= 0.6 is 11.6 Å². The number of hydrogen-bond donors (Lipinski definition) is 2. The molecule has 1 aromatic rings. The first-order valence-corrected chi connectivity index (χ1v) is 5.06. The van der Waals surface area contributed by atoms with Gasteiger partial charge in [0.25, 0.3) is 0 Å². The Bertz CT molecular complexity index is 353. The van der Waals surface area contributed by atoms with Crippen LogP contribution in [0.25, 0.3) is 0 Å². The van der Waals surface area contributed by atoms with Crippen LogP contribution in [0, 0.1) is 0 Å². The fraction of sp³-hybridized carbons (Fsp3) is 0.500. The third-order valence-electron chi connectivity index (χ3n) is 1.54. The Hall–Kier alpha value is -1.63. The smallest absolute Gasteiger partial charge is 0.307 e. The molecule has 1 heterocycles. The van der Waals surface area contributed by atoms with Gasteiger partial charge in [-0.05, 0) is 18.5 Å². The zero-order valence-electron chi connectivity index (χ0n) is 8.73. The Kier molecular flexibility index (Phi) is 4.71. The molecule has 88 valence electrons. The Morgan fingerprint density at radius 2 is 2.25 bits per heavy atom. The van der Waals surface area contributed by atoms with Gasteiger partial charge in [0.05, 0.1) is 13.0 Å². The van der Waals surface area contributed by atoms with Crippen LogP contribution in [-0.2, 0) is 9.53 Å². The van der Waals surface area contributed by atoms with E-state index in [2.05, 4.69) is 20.3 Å². The van der Waals surface area contributed by atoms with Crippen molar-refractivity contribution in [2.75, 3.05) is 24.2 Å². The van der Waals surface area contributed by atoms with Gasteiger partial charge in [-0.15, -0.1) is 0 Å². The normalized spacial score (nSPS) is 9.88. The summed E-state index contributed by atoms with van der Waals surface area (Å²) in [7, 11) is 0. The number of hydrogen-bond acceptors (Lipinski definition) is 7. The Morgan fingerprint density at radius 3 is 2.88 bits per heavy atom. The van der Waals surface area contributed by atoms with E-state index in [1.807, 2.05) is 0 Å². The fourth-order valence-corrected chi connectivity index (χ4v) is 1.12. The zero-order chi connectivity index (χ0) is 12.0. The molecule has 0 aliphatic heterocycles. The van der Waals surface area contributed by atoms with Crippen LogP contribution in [0.2, 0.25) is 5.28 Å². The summed E-state index contributed by atoms with van der Waals surface area (Å²) in [6, 6.07) is 0. The molecule has 0 amide bonds. The second-order valence-corrected chi connectivity index (χ2v) is 3.11. The quantitative estimate of drug-likeness (QED) is 0.727. The second kappa shape index (κ2) is 6.06. The molecule has 7 nitrogen and oxygen atoms in total. The number of halogens is 1. The molecule has 0 saturated heterocycles. The summed E-state index contributed by atoms with van der Waals surface area (Å²) < 4.78 is 4.74. The van der Waals surface area contributed by atoms with Crippen molar-refractivity contribution in [2.45, 2.75) is 13.3 Å². The molecular formula is C8H12ClN5O2. The minimum absolute atomic E-state index is 0.00568. The van der Waals surface area contributed by atoms with E-state index < -0.39 is 0 Å². The summed E-state index contributed by atoms with van der Waals surface area (Å²) >= 11 is 5.57. The lowest BCUT2D eigenvalue weighted by molar-refractivity contribution is -0.142. The maximum Gasteiger partial charge on any atom is 0.307 e. The number of anilines is 2. The lowest BCUT2D eigenvalue weighted by atomic mass is 10.4. The topological polar surface area (TPSA) is 103 Å². The molecule has 0 atom stereocenters. The molecule has 0 unspecified atom stereocenters. The minimum Gasteiger partial charge on any atom is -0.466 e. The SMILES string of the molecule is CCOC(=O)CCNc1nc(N)nc(Cl)n1. The van der Waals surface area contributed by atoms with Crippen molar-refractivity contribution in [1.82, 2.24) is 15.0 Å². The van der Waals surface area contributed by atoms with E-state index in [-0.39, 0.29) is 29.6 Å². The van der Waals surface area contributed by atoms with Gasteiger partial charge in [-0.25, -0.2) is 0 Å². The summed E-state index contributed by atoms with van der Waals surface area (Å²) in [5, 5.41) is 2.79. The molecule has 16 heavy (non-hydrogen) atoms. The molecule has 1 rings (SSSR count). The van der Waals surface area contributed by atoms with Crippen molar-refractivity contribution in [3.63, 3.8) is 0 Å². The first-order chi connectivity index (χ1) is 7.61. The predicted octanol–water partition coefficient (Wildman–Crippen LogP) is 0.472. The van der Waals surface area contributed by atoms with Crippen LogP contribution in [0.15, 0.2) is 0 Å². The lowest BCUT2D eigenvalue weighted by Gasteiger charge is -2.04. The van der Waals surface area contributed by atoms with Crippen LogP contribution in [0.3, 0.4) is 0 Å². The first-order valence-electron chi connectivity index (χ1n) is 4.68. The number of carbonyl (C=O) groups is 1. The van der Waals surface area contributed by atoms with E-state index in [9.17, 15) is 4.79 Å². The van der Waals surface area contributed by atoms with Gasteiger partial charge in [0.1, 0.15) is 0 Å². The van der Waals surface area contributed by atoms with Gasteiger partial charge in [0, 0.05) is 6.54 Å². The van der Waals surface area contributed by atoms with E-state index in [1.54, 1.807) is 6.92 Å². The first kappa shape index (κ1) is 12.4. The third kappa shape index (κ3) is 4.26. The van der Waals surface area contributed by atoms with Crippen molar-refractivity contribution in [3.05, 3.63) is 5.28 Å². The highest BCUT2D eigenvalue weighted by molar-refractivity contribution is 6.28. The number of nitrogen functional groups attached to an aromatic ring is 1. The van der Waals surface area contributed by atoms with Gasteiger partial charge in [-0.3, -0.25) is 4.79 Å². The monoisotopic (exact) mass is 245 g/mol. The standard InChI is InChI=1S/C8H12ClN5O2/c1-2-16-5(15)3-4-11-8-13-6(9)12-7(10)14-8/h2-4H2,1H3,(H3,10,11,12,13,14). The second-order valence-electron chi connectivity index (χ2n) is 2.77. The molecule has 3 N–H and O–H groups in total. The van der Waals surface area contributed by atoms with Crippen molar-refractivity contribution in [1.29, 1.82) is 0 Å². The lowest BCUT2D eigenvalue weighted by Crippen LogP contribution is -2.13. The number of nitrogens with zero attached hydrogens (tertiary/aromatic N) is 3. The number of nitrogens with two attached hydrogens (primary N) is 1. The summed E-state index contributed by atoms with van der Waals surface area (Å²) in [5.41, 5.74) is 5.36. The Morgan fingerprint density at radius 1 is 1.50 bits per heavy atom. The van der Waals surface area contributed by atoms with Crippen LogP contribution in [-0.4, -0.2) is 34.1 Å². The van der Waals surface area contributed by atoms with Crippen LogP contribution in [0.1, 0.15) is 13.3 Å². The number of aromatic nitrogens is 3. The summed E-state index contributed by atoms with van der Waals surface area (Å²) in [6.07, 6.45) is 0.219. The van der Waals surface area contributed by atoms with Gasteiger partial charge in [-0.1, -0.05) is 0 Å². The maximum absolute atomic E-state index is 11.0. The van der Waals surface area contributed by atoms with E-state index in [1.165, 1.54) is 0 Å². The highest BCUT2D eigenvalue weighted by atomic mass is 35.5. The number of ether oxygens (including phenoxy) is 1. The third-order valence-corrected chi connectivity index (χ3v) is 1.71. The summed E-state index contributed by atoms with van der Waals surface area (Å²) in [6.45, 7) is 2.46. The van der Waals surface area contributed by atoms with Gasteiger partial charge >= 0.3 is 5.97 Å². The van der Waals surface area contributed by atoms with Crippen LogP contribution in [0.5, 0.6) is 0 Å². The number of carbonyl (C=O) groups excluding carboxylic acids is 1. The fourth-order valence-electron chi connectivity index (χ4n) is 0.954. The predicted molar refractivity (Wildman–Crippen MR) is 59.0 cm³/mol. The minimum atomic E-state index is -0.289. The largest absolute Gasteiger partial charge is 0.466 e. The Labute approximate surface area is 97.4 Å².